The van der Waals surface area contributed by atoms with Crippen LogP contribution in [0.15, 0.2) is 42.5 Å². The minimum absolute atomic E-state index is 0.135. The van der Waals surface area contributed by atoms with Gasteiger partial charge in [0.05, 0.1) is 16.8 Å². The highest BCUT2D eigenvalue weighted by Crippen LogP contribution is 2.33. The fourth-order valence-corrected chi connectivity index (χ4v) is 1.94. The van der Waals surface area contributed by atoms with Crippen LogP contribution in [0.3, 0.4) is 0 Å². The monoisotopic (exact) mass is 261 g/mol. The number of hydrogen-bond donors (Lipinski definition) is 1. The number of rotatable bonds is 3. The maximum Gasteiger partial charge on any atom is 0.127 e. The van der Waals surface area contributed by atoms with Gasteiger partial charge in [0.15, 0.2) is 0 Å². The molecule has 0 spiro atoms. The summed E-state index contributed by atoms with van der Waals surface area (Å²) in [5.41, 5.74) is 8.33. The van der Waals surface area contributed by atoms with Crippen molar-refractivity contribution in [1.82, 2.24) is 0 Å². The van der Waals surface area contributed by atoms with Crippen molar-refractivity contribution < 1.29 is 4.74 Å². The zero-order valence-electron chi connectivity index (χ0n) is 10.5. The molecule has 0 saturated heterocycles. The van der Waals surface area contributed by atoms with Gasteiger partial charge in [0.25, 0.3) is 0 Å². The Hall–Kier alpha value is -1.67. The lowest BCUT2D eigenvalue weighted by molar-refractivity contribution is 0.243. The average Bonchev–Trinajstić information content (AvgIpc) is 2.33. The zero-order valence-corrected chi connectivity index (χ0v) is 11.2. The predicted molar refractivity (Wildman–Crippen MR) is 77.1 cm³/mol. The van der Waals surface area contributed by atoms with Crippen LogP contribution >= 0.6 is 11.6 Å². The third kappa shape index (κ3) is 2.77. The molecular formula is C15H16ClNO. The van der Waals surface area contributed by atoms with Crippen molar-refractivity contribution in [1.29, 1.82) is 0 Å². The largest absolute Gasteiger partial charge is 0.490 e. The summed E-state index contributed by atoms with van der Waals surface area (Å²) < 4.78 is 5.80. The molecule has 0 atom stereocenters. The summed E-state index contributed by atoms with van der Waals surface area (Å²) in [6, 6.07) is 13.5. The Morgan fingerprint density at radius 1 is 1.11 bits per heavy atom. The van der Waals surface area contributed by atoms with Gasteiger partial charge >= 0.3 is 0 Å². The third-order valence-corrected chi connectivity index (χ3v) is 2.89. The van der Waals surface area contributed by atoms with Gasteiger partial charge in [0.1, 0.15) is 5.75 Å². The normalized spacial score (nSPS) is 10.7. The summed E-state index contributed by atoms with van der Waals surface area (Å²) in [7, 11) is 0. The number of anilines is 1. The molecule has 0 amide bonds. The zero-order chi connectivity index (χ0) is 13.1. The second-order valence-corrected chi connectivity index (χ2v) is 4.81. The molecule has 0 aliphatic rings. The van der Waals surface area contributed by atoms with Crippen molar-refractivity contribution in [3.63, 3.8) is 0 Å². The molecule has 94 valence electrons. The molecule has 0 bridgehead atoms. The summed E-state index contributed by atoms with van der Waals surface area (Å²) in [6.07, 6.45) is 0.135. The van der Waals surface area contributed by atoms with Crippen LogP contribution in [-0.2, 0) is 0 Å². The van der Waals surface area contributed by atoms with E-state index in [0.717, 1.165) is 16.9 Å². The van der Waals surface area contributed by atoms with Gasteiger partial charge in [-0.25, -0.2) is 0 Å². The van der Waals surface area contributed by atoms with Gasteiger partial charge in [-0.15, -0.1) is 0 Å². The number of benzene rings is 2. The molecule has 0 aliphatic carbocycles. The lowest BCUT2D eigenvalue weighted by atomic mass is 10.0. The molecule has 0 fully saturated rings. The van der Waals surface area contributed by atoms with E-state index in [1.807, 2.05) is 56.3 Å². The lowest BCUT2D eigenvalue weighted by Crippen LogP contribution is -2.06. The van der Waals surface area contributed by atoms with Crippen LogP contribution in [0.1, 0.15) is 13.8 Å². The van der Waals surface area contributed by atoms with Crippen molar-refractivity contribution in [2.45, 2.75) is 20.0 Å². The van der Waals surface area contributed by atoms with Gasteiger partial charge in [0.2, 0.25) is 0 Å². The van der Waals surface area contributed by atoms with E-state index in [-0.39, 0.29) is 6.10 Å². The Morgan fingerprint density at radius 2 is 1.83 bits per heavy atom. The highest BCUT2D eigenvalue weighted by Gasteiger charge is 2.08. The molecule has 3 heteroatoms. The van der Waals surface area contributed by atoms with Crippen molar-refractivity contribution >= 4 is 17.3 Å². The third-order valence-electron chi connectivity index (χ3n) is 2.56. The highest BCUT2D eigenvalue weighted by atomic mass is 35.5. The second-order valence-electron chi connectivity index (χ2n) is 4.40. The van der Waals surface area contributed by atoms with Crippen LogP contribution < -0.4 is 10.5 Å². The van der Waals surface area contributed by atoms with Crippen molar-refractivity contribution in [3.8, 4) is 16.9 Å². The number of ether oxygens (including phenoxy) is 1. The molecule has 2 rings (SSSR count). The number of hydrogen-bond acceptors (Lipinski definition) is 2. The summed E-state index contributed by atoms with van der Waals surface area (Å²) >= 11 is 6.06. The van der Waals surface area contributed by atoms with Crippen molar-refractivity contribution in [2.75, 3.05) is 5.73 Å². The van der Waals surface area contributed by atoms with Crippen molar-refractivity contribution in [3.05, 3.63) is 47.5 Å². The fraction of sp³-hybridized carbons (Fsp3) is 0.200. The van der Waals surface area contributed by atoms with Crippen LogP contribution in [0.5, 0.6) is 5.75 Å². The number of para-hydroxylation sites is 1. The Bertz CT molecular complexity index is 552. The molecule has 18 heavy (non-hydrogen) atoms. The first-order valence-corrected chi connectivity index (χ1v) is 6.27. The van der Waals surface area contributed by atoms with E-state index < -0.39 is 0 Å². The molecule has 0 unspecified atom stereocenters. The van der Waals surface area contributed by atoms with Gasteiger partial charge in [-0.1, -0.05) is 35.9 Å². The Kier molecular flexibility index (Phi) is 3.78. The van der Waals surface area contributed by atoms with Crippen molar-refractivity contribution in [2.24, 2.45) is 0 Å². The van der Waals surface area contributed by atoms with Gasteiger partial charge in [-0.2, -0.15) is 0 Å². The van der Waals surface area contributed by atoms with Gasteiger partial charge in [0, 0.05) is 5.56 Å². The van der Waals surface area contributed by atoms with E-state index >= 15 is 0 Å². The molecule has 2 nitrogen and oxygen atoms in total. The van der Waals surface area contributed by atoms with Crippen LogP contribution in [0.2, 0.25) is 5.02 Å². The molecule has 2 aromatic rings. The SMILES string of the molecule is CC(C)Oc1ccccc1-c1ccc(N)c(Cl)c1. The molecular weight excluding hydrogens is 246 g/mol. The smallest absolute Gasteiger partial charge is 0.127 e. The van der Waals surface area contributed by atoms with E-state index in [2.05, 4.69) is 0 Å². The molecule has 0 radical (unpaired) electrons. The maximum atomic E-state index is 6.06. The van der Waals surface area contributed by atoms with Crippen LogP contribution in [0.25, 0.3) is 11.1 Å². The number of halogens is 1. The molecule has 2 N–H and O–H groups in total. The number of nitrogens with two attached hydrogens (primary N) is 1. The predicted octanol–water partition coefficient (Wildman–Crippen LogP) is 4.38. The van der Waals surface area contributed by atoms with Crippen LogP contribution in [-0.4, -0.2) is 6.10 Å². The van der Waals surface area contributed by atoms with E-state index in [0.29, 0.717) is 10.7 Å². The lowest BCUT2D eigenvalue weighted by Gasteiger charge is -2.14. The minimum Gasteiger partial charge on any atom is -0.490 e. The summed E-state index contributed by atoms with van der Waals surface area (Å²) in [6.45, 7) is 4.01. The van der Waals surface area contributed by atoms with E-state index in [4.69, 9.17) is 22.1 Å². The first-order chi connectivity index (χ1) is 8.58. The molecule has 0 heterocycles. The molecule has 2 aromatic carbocycles. The molecule has 0 aromatic heterocycles. The minimum atomic E-state index is 0.135. The van der Waals surface area contributed by atoms with E-state index in [1.165, 1.54) is 0 Å². The van der Waals surface area contributed by atoms with Gasteiger partial charge in [-0.3, -0.25) is 0 Å². The average molecular weight is 262 g/mol. The first kappa shape index (κ1) is 12.8. The highest BCUT2D eigenvalue weighted by molar-refractivity contribution is 6.33. The van der Waals surface area contributed by atoms with Crippen LogP contribution in [0, 0.1) is 0 Å². The fourth-order valence-electron chi connectivity index (χ4n) is 1.76. The second kappa shape index (κ2) is 5.32. The van der Waals surface area contributed by atoms with E-state index in [9.17, 15) is 0 Å². The molecule has 0 aliphatic heterocycles. The quantitative estimate of drug-likeness (QED) is 0.833. The maximum absolute atomic E-state index is 6.06. The molecule has 0 saturated carbocycles. The Balaban J connectivity index is 2.46. The Morgan fingerprint density at radius 3 is 2.50 bits per heavy atom. The Labute approximate surface area is 112 Å². The summed E-state index contributed by atoms with van der Waals surface area (Å²) in [5, 5.41) is 0.562. The van der Waals surface area contributed by atoms with Crippen LogP contribution in [0.4, 0.5) is 5.69 Å². The first-order valence-electron chi connectivity index (χ1n) is 5.89. The van der Waals surface area contributed by atoms with E-state index in [1.54, 1.807) is 0 Å². The summed E-state index contributed by atoms with van der Waals surface area (Å²) in [4.78, 5) is 0. The number of nitrogen functional groups attached to an aromatic ring is 1. The summed E-state index contributed by atoms with van der Waals surface area (Å²) in [5.74, 6) is 0.855. The standard InChI is InChI=1S/C15H16ClNO/c1-10(2)18-15-6-4-3-5-12(15)11-7-8-14(17)13(16)9-11/h3-10H,17H2,1-2H3. The van der Waals surface area contributed by atoms with Gasteiger partial charge in [-0.05, 0) is 37.6 Å². The van der Waals surface area contributed by atoms with Gasteiger partial charge < -0.3 is 10.5 Å². The topological polar surface area (TPSA) is 35.2 Å².